The number of aromatic nitrogens is 2. The zero-order chi connectivity index (χ0) is 25.8. The summed E-state index contributed by atoms with van der Waals surface area (Å²) in [5.74, 6) is 2.34. The highest BCUT2D eigenvalue weighted by Gasteiger charge is 2.40. The van der Waals surface area contributed by atoms with Crippen LogP contribution in [0, 0.1) is 0 Å². The number of amides is 1. The molecule has 1 amide bonds. The van der Waals surface area contributed by atoms with Gasteiger partial charge in [0.15, 0.2) is 0 Å². The van der Waals surface area contributed by atoms with Crippen LogP contribution in [0.25, 0.3) is 33.5 Å². The number of fused-ring (bicyclic) bond motifs is 5. The number of hydrogen-bond donors (Lipinski definition) is 2. The average Bonchev–Trinajstić information content (AvgIpc) is 3.73. The second kappa shape index (κ2) is 9.25. The number of benzene rings is 3. The van der Waals surface area contributed by atoms with Crippen molar-refractivity contribution in [1.82, 2.24) is 14.9 Å². The molecule has 3 atom stereocenters. The van der Waals surface area contributed by atoms with E-state index in [4.69, 9.17) is 4.98 Å². The fourth-order valence-corrected chi connectivity index (χ4v) is 7.20. The largest absolute Gasteiger partial charge is 0.341 e. The summed E-state index contributed by atoms with van der Waals surface area (Å²) in [6, 6.07) is 22.4. The van der Waals surface area contributed by atoms with Crippen LogP contribution in [0.1, 0.15) is 73.9 Å². The van der Waals surface area contributed by atoms with Crippen molar-refractivity contribution in [1.29, 1.82) is 0 Å². The van der Waals surface area contributed by atoms with E-state index in [0.29, 0.717) is 17.9 Å². The molecule has 0 radical (unpaired) electrons. The Bertz CT molecular complexity index is 1500. The van der Waals surface area contributed by atoms with E-state index >= 15 is 0 Å². The number of nitrogens with zero attached hydrogens (tertiary/aromatic N) is 2. The molecular formula is C33H34N4O. The van der Waals surface area contributed by atoms with Crippen LogP contribution in [0.2, 0.25) is 0 Å². The lowest BCUT2D eigenvalue weighted by molar-refractivity contribution is -0.114. The molecule has 4 aromatic rings. The molecule has 2 bridgehead atoms. The van der Waals surface area contributed by atoms with Crippen molar-refractivity contribution in [2.45, 2.75) is 56.9 Å². The van der Waals surface area contributed by atoms with Gasteiger partial charge in [0.05, 0.1) is 17.9 Å². The first-order valence-electron chi connectivity index (χ1n) is 14.0. The van der Waals surface area contributed by atoms with Crippen molar-refractivity contribution in [2.75, 3.05) is 18.9 Å². The summed E-state index contributed by atoms with van der Waals surface area (Å²) in [4.78, 5) is 22.1. The SMILES string of the molecule is CC(=O)Nc1ccc(-c2ccc(-c3ccc(-c4cnc(C5CCCN5C)[nH]4)cc3)c3c2C2CCC3C2)cc1. The third kappa shape index (κ3) is 3.97. The Balaban J connectivity index is 1.21. The molecule has 2 fully saturated rings. The molecule has 1 saturated carbocycles. The maximum absolute atomic E-state index is 11.4. The summed E-state index contributed by atoms with van der Waals surface area (Å²) >= 11 is 0. The van der Waals surface area contributed by atoms with Crippen LogP contribution in [0.5, 0.6) is 0 Å². The van der Waals surface area contributed by atoms with Gasteiger partial charge in [-0.15, -0.1) is 0 Å². The number of likely N-dealkylation sites (tertiary alicyclic amines) is 1. The first-order chi connectivity index (χ1) is 18.5. The summed E-state index contributed by atoms with van der Waals surface area (Å²) in [5.41, 5.74) is 11.5. The van der Waals surface area contributed by atoms with Crippen molar-refractivity contribution < 1.29 is 4.79 Å². The number of nitrogens with one attached hydrogen (secondary N) is 2. The van der Waals surface area contributed by atoms with E-state index in [1.54, 1.807) is 18.1 Å². The third-order valence-electron chi connectivity index (χ3n) is 8.99. The minimum absolute atomic E-state index is 0.0410. The molecular weight excluding hydrogens is 468 g/mol. The van der Waals surface area contributed by atoms with Gasteiger partial charge in [0.25, 0.3) is 0 Å². The van der Waals surface area contributed by atoms with Gasteiger partial charge in [-0.05, 0) is 109 Å². The van der Waals surface area contributed by atoms with Crippen LogP contribution < -0.4 is 5.32 Å². The van der Waals surface area contributed by atoms with Gasteiger partial charge in [0.2, 0.25) is 5.91 Å². The highest BCUT2D eigenvalue weighted by Crippen LogP contribution is 2.58. The highest BCUT2D eigenvalue weighted by atomic mass is 16.1. The first kappa shape index (κ1) is 23.4. The lowest BCUT2D eigenvalue weighted by Gasteiger charge is -2.23. The Morgan fingerprint density at radius 1 is 0.868 bits per heavy atom. The number of imidazole rings is 1. The zero-order valence-electron chi connectivity index (χ0n) is 22.1. The van der Waals surface area contributed by atoms with Gasteiger partial charge in [0, 0.05) is 12.6 Å². The molecule has 192 valence electrons. The van der Waals surface area contributed by atoms with Crippen LogP contribution in [0.4, 0.5) is 5.69 Å². The van der Waals surface area contributed by atoms with Gasteiger partial charge in [-0.3, -0.25) is 9.69 Å². The number of anilines is 1. The molecule has 3 aliphatic rings. The van der Waals surface area contributed by atoms with E-state index < -0.39 is 0 Å². The van der Waals surface area contributed by atoms with Gasteiger partial charge in [0.1, 0.15) is 5.82 Å². The van der Waals surface area contributed by atoms with Gasteiger partial charge in [-0.1, -0.05) is 48.5 Å². The Morgan fingerprint density at radius 3 is 2.05 bits per heavy atom. The molecule has 3 unspecified atom stereocenters. The molecule has 5 nitrogen and oxygen atoms in total. The number of carbonyl (C=O) groups is 1. The van der Waals surface area contributed by atoms with Gasteiger partial charge >= 0.3 is 0 Å². The topological polar surface area (TPSA) is 61.0 Å². The molecule has 7 rings (SSSR count). The van der Waals surface area contributed by atoms with Crippen LogP contribution in [0.3, 0.4) is 0 Å². The van der Waals surface area contributed by atoms with Gasteiger partial charge in [-0.25, -0.2) is 4.98 Å². The average molecular weight is 503 g/mol. The Morgan fingerprint density at radius 2 is 1.47 bits per heavy atom. The van der Waals surface area contributed by atoms with Crippen LogP contribution in [-0.4, -0.2) is 34.4 Å². The standard InChI is InChI=1S/C33H34N4O/c1-20(38)35-26-13-11-22(12-14-26)28-16-15-27(31-24-9-10-25(18-24)32(28)31)21-5-7-23(8-6-21)29-19-34-33(36-29)30-4-3-17-37(30)2/h5-8,11-16,19,24-25,30H,3-4,9-10,17-18H2,1-2H3,(H,34,36)(H,35,38). The first-order valence-corrected chi connectivity index (χ1v) is 14.0. The summed E-state index contributed by atoms with van der Waals surface area (Å²) < 4.78 is 0. The van der Waals surface area contributed by atoms with Crippen molar-refractivity contribution >= 4 is 11.6 Å². The zero-order valence-corrected chi connectivity index (χ0v) is 22.1. The van der Waals surface area contributed by atoms with E-state index in [1.807, 2.05) is 18.3 Å². The predicted octanol–water partition coefficient (Wildman–Crippen LogP) is 7.50. The summed E-state index contributed by atoms with van der Waals surface area (Å²) in [7, 11) is 2.19. The molecule has 2 N–H and O–H groups in total. The van der Waals surface area contributed by atoms with Crippen molar-refractivity contribution in [3.63, 3.8) is 0 Å². The van der Waals surface area contributed by atoms with Crippen LogP contribution in [0.15, 0.2) is 66.9 Å². The normalized spacial score (nSPS) is 22.1. The molecule has 3 aromatic carbocycles. The summed E-state index contributed by atoms with van der Waals surface area (Å²) in [6.45, 7) is 2.69. The minimum Gasteiger partial charge on any atom is -0.341 e. The van der Waals surface area contributed by atoms with E-state index in [9.17, 15) is 4.79 Å². The number of carbonyl (C=O) groups excluding carboxylic acids is 1. The molecule has 38 heavy (non-hydrogen) atoms. The maximum atomic E-state index is 11.4. The molecule has 5 heteroatoms. The quantitative estimate of drug-likeness (QED) is 0.297. The number of aromatic amines is 1. The molecule has 2 heterocycles. The highest BCUT2D eigenvalue weighted by molar-refractivity contribution is 5.89. The molecule has 1 aromatic heterocycles. The minimum atomic E-state index is -0.0410. The van der Waals surface area contributed by atoms with E-state index in [1.165, 1.54) is 59.9 Å². The fraction of sp³-hybridized carbons (Fsp3) is 0.333. The maximum Gasteiger partial charge on any atom is 0.221 e. The molecule has 1 saturated heterocycles. The van der Waals surface area contributed by atoms with E-state index in [0.717, 1.165) is 23.8 Å². The Hall–Kier alpha value is -3.70. The number of rotatable bonds is 5. The van der Waals surface area contributed by atoms with Gasteiger partial charge in [-0.2, -0.15) is 0 Å². The summed E-state index contributed by atoms with van der Waals surface area (Å²) in [6.07, 6.45) is 8.24. The Kier molecular flexibility index (Phi) is 5.70. The molecule has 0 spiro atoms. The van der Waals surface area contributed by atoms with Crippen LogP contribution >= 0.6 is 0 Å². The lowest BCUT2D eigenvalue weighted by atomic mass is 9.81. The van der Waals surface area contributed by atoms with Crippen molar-refractivity contribution in [3.05, 3.63) is 83.8 Å². The van der Waals surface area contributed by atoms with Crippen molar-refractivity contribution in [2.24, 2.45) is 0 Å². The number of hydrogen-bond acceptors (Lipinski definition) is 3. The van der Waals surface area contributed by atoms with Crippen molar-refractivity contribution in [3.8, 4) is 33.5 Å². The summed E-state index contributed by atoms with van der Waals surface area (Å²) in [5, 5.41) is 2.88. The molecule has 2 aliphatic carbocycles. The number of H-pyrrole nitrogens is 1. The van der Waals surface area contributed by atoms with Gasteiger partial charge < -0.3 is 10.3 Å². The monoisotopic (exact) mass is 502 g/mol. The second-order valence-corrected chi connectivity index (χ2v) is 11.4. The predicted molar refractivity (Wildman–Crippen MR) is 153 cm³/mol. The molecule has 1 aliphatic heterocycles. The third-order valence-corrected chi connectivity index (χ3v) is 8.99. The fourth-order valence-electron chi connectivity index (χ4n) is 7.20. The van der Waals surface area contributed by atoms with Crippen LogP contribution in [-0.2, 0) is 4.79 Å². The lowest BCUT2D eigenvalue weighted by Crippen LogP contribution is -2.18. The van der Waals surface area contributed by atoms with E-state index in [2.05, 4.69) is 70.8 Å². The Labute approximate surface area is 224 Å². The second-order valence-electron chi connectivity index (χ2n) is 11.4. The van der Waals surface area contributed by atoms with E-state index in [-0.39, 0.29) is 5.91 Å². The smallest absolute Gasteiger partial charge is 0.221 e.